The van der Waals surface area contributed by atoms with Gasteiger partial charge in [-0.25, -0.2) is 33.0 Å². The Morgan fingerprint density at radius 2 is 1.79 bits per heavy atom. The number of alkyl halides is 1. The van der Waals surface area contributed by atoms with Gasteiger partial charge >= 0.3 is 5.97 Å². The zero-order chi connectivity index (χ0) is 29.9. The van der Waals surface area contributed by atoms with Crippen molar-refractivity contribution in [3.63, 3.8) is 0 Å². The predicted molar refractivity (Wildman–Crippen MR) is 158 cm³/mol. The maximum atomic E-state index is 14.6. The van der Waals surface area contributed by atoms with Crippen LogP contribution in [0.1, 0.15) is 47.5 Å². The van der Waals surface area contributed by atoms with Crippen molar-refractivity contribution in [3.8, 4) is 11.6 Å². The van der Waals surface area contributed by atoms with Crippen molar-refractivity contribution >= 4 is 38.7 Å². The molecule has 1 aliphatic rings. The van der Waals surface area contributed by atoms with E-state index in [1.54, 1.807) is 6.07 Å². The first-order chi connectivity index (χ1) is 20.1. The van der Waals surface area contributed by atoms with Crippen molar-refractivity contribution in [1.29, 1.82) is 0 Å². The SMILES string of the molecule is CC/C(=C(/c1ccc(/C=C/C(=O)O)cc1)c1ccc2c(c1)C(F)NN2)c1cccc(Oc2cnc(S(C)(=O)=O)cn2)c1. The molecule has 42 heavy (non-hydrogen) atoms. The predicted octanol–water partition coefficient (Wildman–Crippen LogP) is 6.04. The minimum atomic E-state index is -3.49. The zero-order valence-electron chi connectivity index (χ0n) is 22.7. The van der Waals surface area contributed by atoms with E-state index in [9.17, 15) is 17.6 Å². The summed E-state index contributed by atoms with van der Waals surface area (Å²) in [6, 6.07) is 20.4. The van der Waals surface area contributed by atoms with Crippen LogP contribution in [0.2, 0.25) is 0 Å². The van der Waals surface area contributed by atoms with Crippen LogP contribution in [-0.4, -0.2) is 35.7 Å². The van der Waals surface area contributed by atoms with Crippen LogP contribution in [-0.2, 0) is 14.6 Å². The van der Waals surface area contributed by atoms with Gasteiger partial charge in [0.15, 0.2) is 21.2 Å². The first-order valence-electron chi connectivity index (χ1n) is 13.0. The van der Waals surface area contributed by atoms with Gasteiger partial charge in [-0.05, 0) is 70.2 Å². The number of carbonyl (C=O) groups is 1. The molecule has 3 N–H and O–H groups in total. The summed E-state index contributed by atoms with van der Waals surface area (Å²) in [4.78, 5) is 19.0. The molecule has 5 rings (SSSR count). The summed E-state index contributed by atoms with van der Waals surface area (Å²) >= 11 is 0. The average molecular weight is 587 g/mol. The van der Waals surface area contributed by atoms with Crippen molar-refractivity contribution in [2.24, 2.45) is 0 Å². The van der Waals surface area contributed by atoms with Gasteiger partial charge in [-0.3, -0.25) is 0 Å². The number of halogens is 1. The van der Waals surface area contributed by atoms with Gasteiger partial charge in [-0.15, -0.1) is 0 Å². The number of hydrogen-bond donors (Lipinski definition) is 3. The second-order valence-electron chi connectivity index (χ2n) is 9.53. The number of hydrogen-bond acceptors (Lipinski definition) is 8. The number of nitrogens with one attached hydrogen (secondary N) is 2. The normalized spacial score (nSPS) is 15.2. The van der Waals surface area contributed by atoms with Gasteiger partial charge in [-0.1, -0.05) is 49.4 Å². The fourth-order valence-corrected chi connectivity index (χ4v) is 5.13. The minimum Gasteiger partial charge on any atom is -0.478 e. The average Bonchev–Trinajstić information content (AvgIpc) is 3.35. The molecule has 11 heteroatoms. The third-order valence-corrected chi connectivity index (χ3v) is 7.58. The molecule has 214 valence electrons. The van der Waals surface area contributed by atoms with E-state index in [2.05, 4.69) is 20.8 Å². The number of rotatable bonds is 9. The highest BCUT2D eigenvalue weighted by Gasteiger charge is 2.23. The molecule has 0 saturated heterocycles. The number of nitrogens with zero attached hydrogens (tertiary/aromatic N) is 2. The van der Waals surface area contributed by atoms with Gasteiger partial charge in [-0.2, -0.15) is 0 Å². The lowest BCUT2D eigenvalue weighted by Crippen LogP contribution is -2.14. The van der Waals surface area contributed by atoms with Crippen LogP contribution in [0.15, 0.2) is 90.2 Å². The molecule has 0 aliphatic carbocycles. The highest BCUT2D eigenvalue weighted by atomic mass is 32.2. The number of sulfone groups is 1. The van der Waals surface area contributed by atoms with Gasteiger partial charge in [0.25, 0.3) is 0 Å². The summed E-state index contributed by atoms with van der Waals surface area (Å²) in [6.07, 6.45) is 5.31. The number of aromatic nitrogens is 2. The zero-order valence-corrected chi connectivity index (χ0v) is 23.5. The Bertz CT molecular complexity index is 1800. The van der Waals surface area contributed by atoms with Gasteiger partial charge in [0.1, 0.15) is 5.75 Å². The smallest absolute Gasteiger partial charge is 0.328 e. The molecule has 0 amide bonds. The van der Waals surface area contributed by atoms with Gasteiger partial charge < -0.3 is 15.3 Å². The molecule has 1 aliphatic heterocycles. The molecule has 0 fully saturated rings. The Hall–Kier alpha value is -4.87. The molecule has 0 bridgehead atoms. The fourth-order valence-electron chi connectivity index (χ4n) is 4.65. The van der Waals surface area contributed by atoms with E-state index in [-0.39, 0.29) is 10.9 Å². The van der Waals surface area contributed by atoms with E-state index in [1.165, 1.54) is 12.3 Å². The van der Waals surface area contributed by atoms with Crippen molar-refractivity contribution < 1.29 is 27.4 Å². The Morgan fingerprint density at radius 3 is 2.45 bits per heavy atom. The summed E-state index contributed by atoms with van der Waals surface area (Å²) in [5.41, 5.74) is 11.7. The highest BCUT2D eigenvalue weighted by molar-refractivity contribution is 7.90. The third kappa shape index (κ3) is 6.37. The number of allylic oxidation sites excluding steroid dienone is 1. The largest absolute Gasteiger partial charge is 0.478 e. The molecule has 3 aromatic carbocycles. The number of benzene rings is 3. The van der Waals surface area contributed by atoms with E-state index >= 15 is 0 Å². The lowest BCUT2D eigenvalue weighted by atomic mass is 9.87. The van der Waals surface area contributed by atoms with Crippen LogP contribution in [0.25, 0.3) is 17.2 Å². The summed E-state index contributed by atoms with van der Waals surface area (Å²) in [5, 5.41) is 8.83. The monoisotopic (exact) mass is 586 g/mol. The number of carboxylic acids is 1. The van der Waals surface area contributed by atoms with Crippen LogP contribution >= 0.6 is 0 Å². The minimum absolute atomic E-state index is 0.138. The van der Waals surface area contributed by atoms with Crippen LogP contribution in [0.5, 0.6) is 11.6 Å². The third-order valence-electron chi connectivity index (χ3n) is 6.61. The number of aliphatic carboxylic acids is 1. The summed E-state index contributed by atoms with van der Waals surface area (Å²) in [6.45, 7) is 2.02. The van der Waals surface area contributed by atoms with Crippen molar-refractivity contribution in [3.05, 3.63) is 113 Å². The van der Waals surface area contributed by atoms with E-state index in [1.807, 2.05) is 67.6 Å². The lowest BCUT2D eigenvalue weighted by molar-refractivity contribution is -0.131. The highest BCUT2D eigenvalue weighted by Crippen LogP contribution is 2.39. The van der Waals surface area contributed by atoms with E-state index in [0.29, 0.717) is 23.4 Å². The van der Waals surface area contributed by atoms with Gasteiger partial charge in [0, 0.05) is 17.9 Å². The standard InChI is InChI=1S/C31H27FN4O5S/c1-3-24(21-5-4-6-23(15-21)41-27-17-34-28(18-33-27)42(2,39)40)30(20-10-7-19(8-11-20)9-14-29(37)38)22-12-13-26-25(16-22)31(32)36-35-26/h4-18,31,35-36H,3H2,1-2H3,(H,37,38)/b14-9+,30-24+. The summed E-state index contributed by atoms with van der Waals surface area (Å²) < 4.78 is 43.9. The molecule has 9 nitrogen and oxygen atoms in total. The summed E-state index contributed by atoms with van der Waals surface area (Å²) in [7, 11) is -3.49. The molecule has 0 spiro atoms. The maximum Gasteiger partial charge on any atom is 0.328 e. The first-order valence-corrected chi connectivity index (χ1v) is 14.9. The second-order valence-corrected chi connectivity index (χ2v) is 11.5. The quantitative estimate of drug-likeness (QED) is 0.122. The van der Waals surface area contributed by atoms with E-state index in [0.717, 1.165) is 51.9 Å². The number of anilines is 1. The van der Waals surface area contributed by atoms with Crippen LogP contribution in [0.3, 0.4) is 0 Å². The van der Waals surface area contributed by atoms with Gasteiger partial charge in [0.2, 0.25) is 5.88 Å². The molecular weight excluding hydrogens is 559 g/mol. The molecule has 2 heterocycles. The number of fused-ring (bicyclic) bond motifs is 1. The second kappa shape index (κ2) is 11.9. The van der Waals surface area contributed by atoms with Crippen molar-refractivity contribution in [2.45, 2.75) is 24.7 Å². The van der Waals surface area contributed by atoms with Crippen molar-refractivity contribution in [2.75, 3.05) is 11.7 Å². The van der Waals surface area contributed by atoms with E-state index < -0.39 is 22.1 Å². The molecule has 4 aromatic rings. The summed E-state index contributed by atoms with van der Waals surface area (Å²) in [5.74, 6) is -0.424. The Labute approximate surface area is 242 Å². The maximum absolute atomic E-state index is 14.6. The molecule has 1 aromatic heterocycles. The number of ether oxygens (including phenoxy) is 1. The molecule has 1 atom stereocenters. The van der Waals surface area contributed by atoms with Crippen LogP contribution in [0.4, 0.5) is 10.1 Å². The topological polar surface area (TPSA) is 131 Å². The Balaban J connectivity index is 1.59. The lowest BCUT2D eigenvalue weighted by Gasteiger charge is -2.18. The fraction of sp³-hybridized carbons (Fsp3) is 0.129. The van der Waals surface area contributed by atoms with Crippen LogP contribution in [0, 0.1) is 0 Å². The molecule has 0 radical (unpaired) electrons. The molecule has 0 saturated carbocycles. The Morgan fingerprint density at radius 1 is 1.02 bits per heavy atom. The Kier molecular flexibility index (Phi) is 8.14. The first kappa shape index (κ1) is 28.7. The molecule has 1 unspecified atom stereocenters. The van der Waals surface area contributed by atoms with Crippen molar-refractivity contribution in [1.82, 2.24) is 15.4 Å². The molecular formula is C31H27FN4O5S. The van der Waals surface area contributed by atoms with Gasteiger partial charge in [0.05, 0.1) is 18.1 Å². The van der Waals surface area contributed by atoms with E-state index in [4.69, 9.17) is 9.84 Å². The van der Waals surface area contributed by atoms with Crippen LogP contribution < -0.4 is 15.6 Å². The number of carboxylic acid groups (broad SMARTS) is 1. The number of hydrazine groups is 1.